The predicted octanol–water partition coefficient (Wildman–Crippen LogP) is 0.578. The normalized spacial score (nSPS) is 9.93. The van der Waals surface area contributed by atoms with Crippen molar-refractivity contribution in [3.63, 3.8) is 0 Å². The summed E-state index contributed by atoms with van der Waals surface area (Å²) in [6, 6.07) is 7.12. The van der Waals surface area contributed by atoms with Gasteiger partial charge in [0.05, 0.1) is 0 Å². The zero-order chi connectivity index (χ0) is 10.4. The van der Waals surface area contributed by atoms with E-state index >= 15 is 0 Å². The van der Waals surface area contributed by atoms with Crippen molar-refractivity contribution in [2.24, 2.45) is 0 Å². The number of anilines is 1. The molecule has 0 saturated heterocycles. The summed E-state index contributed by atoms with van der Waals surface area (Å²) in [7, 11) is -1.38. The molecule has 1 rings (SSSR count). The van der Waals surface area contributed by atoms with Crippen LogP contribution < -0.4 is 10.8 Å². The van der Waals surface area contributed by atoms with Crippen LogP contribution in [-0.2, 0) is 0 Å². The van der Waals surface area contributed by atoms with Gasteiger partial charge >= 0.3 is 7.12 Å². The number of hydrogen-bond donors (Lipinski definition) is 3. The first kappa shape index (κ1) is 11.1. The molecule has 3 N–H and O–H groups in total. The Morgan fingerprint density at radius 1 is 1.21 bits per heavy atom. The molecule has 0 aromatic heterocycles. The van der Waals surface area contributed by atoms with Crippen LogP contribution in [0.15, 0.2) is 24.3 Å². The molecule has 0 atom stereocenters. The van der Waals surface area contributed by atoms with Crippen LogP contribution in [0.5, 0.6) is 0 Å². The first-order valence-electron chi connectivity index (χ1n) is 4.94. The molecule has 0 aliphatic carbocycles. The quantitative estimate of drug-likeness (QED) is 0.473. The Labute approximate surface area is 84.9 Å². The van der Waals surface area contributed by atoms with Gasteiger partial charge in [0.25, 0.3) is 0 Å². The Morgan fingerprint density at radius 2 is 1.86 bits per heavy atom. The molecule has 0 heterocycles. The first-order chi connectivity index (χ1) is 6.74. The second-order valence-corrected chi connectivity index (χ2v) is 3.28. The zero-order valence-electron chi connectivity index (χ0n) is 8.40. The molecule has 1 aromatic rings. The van der Waals surface area contributed by atoms with Crippen molar-refractivity contribution in [3.05, 3.63) is 24.3 Å². The van der Waals surface area contributed by atoms with Gasteiger partial charge in [-0.25, -0.2) is 0 Å². The Balaban J connectivity index is 2.47. The molecule has 4 heteroatoms. The molecule has 1 aromatic carbocycles. The smallest absolute Gasteiger partial charge is 0.423 e. The predicted molar refractivity (Wildman–Crippen MR) is 59.7 cm³/mol. The highest BCUT2D eigenvalue weighted by atomic mass is 16.4. The molecule has 0 fully saturated rings. The topological polar surface area (TPSA) is 52.5 Å². The highest BCUT2D eigenvalue weighted by Gasteiger charge is 2.09. The van der Waals surface area contributed by atoms with E-state index in [4.69, 9.17) is 10.0 Å². The number of benzene rings is 1. The fourth-order valence-electron chi connectivity index (χ4n) is 1.18. The van der Waals surface area contributed by atoms with Crippen LogP contribution >= 0.6 is 0 Å². The van der Waals surface area contributed by atoms with Crippen LogP contribution in [0.3, 0.4) is 0 Å². The Hall–Kier alpha value is -0.995. The maximum absolute atomic E-state index is 8.86. The SMILES string of the molecule is CCCCNc1ccc(B(O)O)cc1. The Bertz CT molecular complexity index is 261. The van der Waals surface area contributed by atoms with Crippen LogP contribution in [0, 0.1) is 0 Å². The van der Waals surface area contributed by atoms with Crippen molar-refractivity contribution in [1.29, 1.82) is 0 Å². The van der Waals surface area contributed by atoms with Gasteiger partial charge in [0.1, 0.15) is 0 Å². The molecule has 0 aliphatic heterocycles. The minimum absolute atomic E-state index is 0.519. The van der Waals surface area contributed by atoms with Crippen molar-refractivity contribution in [2.45, 2.75) is 19.8 Å². The highest BCUT2D eigenvalue weighted by molar-refractivity contribution is 6.58. The lowest BCUT2D eigenvalue weighted by Gasteiger charge is -2.06. The summed E-state index contributed by atoms with van der Waals surface area (Å²) in [5.41, 5.74) is 1.54. The van der Waals surface area contributed by atoms with E-state index in [1.807, 2.05) is 12.1 Å². The van der Waals surface area contributed by atoms with Gasteiger partial charge in [-0.2, -0.15) is 0 Å². The van der Waals surface area contributed by atoms with Gasteiger partial charge in [-0.15, -0.1) is 0 Å². The summed E-state index contributed by atoms with van der Waals surface area (Å²) in [5.74, 6) is 0. The third-order valence-electron chi connectivity index (χ3n) is 2.07. The number of hydrogen-bond acceptors (Lipinski definition) is 3. The third-order valence-corrected chi connectivity index (χ3v) is 2.07. The van der Waals surface area contributed by atoms with E-state index in [1.54, 1.807) is 12.1 Å². The molecule has 0 aliphatic rings. The standard InChI is InChI=1S/C10H16BNO2/c1-2-3-8-12-10-6-4-9(5-7-10)11(13)14/h4-7,12-14H,2-3,8H2,1H3. The summed E-state index contributed by atoms with van der Waals surface area (Å²) in [4.78, 5) is 0. The minimum Gasteiger partial charge on any atom is -0.423 e. The molecule has 76 valence electrons. The minimum atomic E-state index is -1.38. The zero-order valence-corrected chi connectivity index (χ0v) is 8.40. The van der Waals surface area contributed by atoms with E-state index in [0.717, 1.165) is 18.7 Å². The van der Waals surface area contributed by atoms with Crippen molar-refractivity contribution >= 4 is 18.3 Å². The third kappa shape index (κ3) is 3.40. The van der Waals surface area contributed by atoms with E-state index < -0.39 is 7.12 Å². The molecule has 0 saturated carbocycles. The van der Waals surface area contributed by atoms with Gasteiger partial charge in [-0.05, 0) is 24.0 Å². The number of nitrogens with one attached hydrogen (secondary N) is 1. The van der Waals surface area contributed by atoms with E-state index in [-0.39, 0.29) is 0 Å². The molecular formula is C10H16BNO2. The molecular weight excluding hydrogens is 177 g/mol. The number of rotatable bonds is 5. The lowest BCUT2D eigenvalue weighted by molar-refractivity contribution is 0.426. The van der Waals surface area contributed by atoms with Crippen LogP contribution in [0.1, 0.15) is 19.8 Å². The van der Waals surface area contributed by atoms with Crippen LogP contribution in [0.2, 0.25) is 0 Å². The van der Waals surface area contributed by atoms with E-state index in [0.29, 0.717) is 5.46 Å². The summed E-state index contributed by atoms with van der Waals surface area (Å²) in [6.45, 7) is 3.10. The van der Waals surface area contributed by atoms with Gasteiger partial charge in [-0.1, -0.05) is 25.5 Å². The summed E-state index contributed by atoms with van der Waals surface area (Å²) in [5, 5.41) is 21.0. The highest BCUT2D eigenvalue weighted by Crippen LogP contribution is 2.04. The lowest BCUT2D eigenvalue weighted by atomic mass is 9.80. The van der Waals surface area contributed by atoms with Crippen molar-refractivity contribution in [2.75, 3.05) is 11.9 Å². The van der Waals surface area contributed by atoms with Crippen molar-refractivity contribution in [3.8, 4) is 0 Å². The van der Waals surface area contributed by atoms with E-state index in [9.17, 15) is 0 Å². The molecule has 3 nitrogen and oxygen atoms in total. The molecule has 0 radical (unpaired) electrons. The van der Waals surface area contributed by atoms with Gasteiger partial charge in [-0.3, -0.25) is 0 Å². The largest absolute Gasteiger partial charge is 0.488 e. The summed E-state index contributed by atoms with van der Waals surface area (Å²) >= 11 is 0. The van der Waals surface area contributed by atoms with Crippen LogP contribution in [0.25, 0.3) is 0 Å². The van der Waals surface area contributed by atoms with E-state index in [2.05, 4.69) is 12.2 Å². The molecule has 0 spiro atoms. The van der Waals surface area contributed by atoms with Crippen molar-refractivity contribution < 1.29 is 10.0 Å². The molecule has 0 amide bonds. The monoisotopic (exact) mass is 193 g/mol. The second kappa shape index (κ2) is 5.68. The maximum Gasteiger partial charge on any atom is 0.488 e. The average molecular weight is 193 g/mol. The Kier molecular flexibility index (Phi) is 4.49. The first-order valence-corrected chi connectivity index (χ1v) is 4.94. The fraction of sp³-hybridized carbons (Fsp3) is 0.400. The van der Waals surface area contributed by atoms with Crippen LogP contribution in [0.4, 0.5) is 5.69 Å². The van der Waals surface area contributed by atoms with Gasteiger partial charge in [0, 0.05) is 12.2 Å². The molecule has 14 heavy (non-hydrogen) atoms. The lowest BCUT2D eigenvalue weighted by Crippen LogP contribution is -2.29. The van der Waals surface area contributed by atoms with Crippen molar-refractivity contribution in [1.82, 2.24) is 0 Å². The summed E-state index contributed by atoms with van der Waals surface area (Å²) < 4.78 is 0. The number of unbranched alkanes of at least 4 members (excludes halogenated alkanes) is 1. The van der Waals surface area contributed by atoms with Gasteiger partial charge < -0.3 is 15.4 Å². The van der Waals surface area contributed by atoms with Gasteiger partial charge in [0.15, 0.2) is 0 Å². The van der Waals surface area contributed by atoms with Crippen LogP contribution in [-0.4, -0.2) is 23.7 Å². The molecule has 0 bridgehead atoms. The maximum atomic E-state index is 8.86. The van der Waals surface area contributed by atoms with E-state index in [1.165, 1.54) is 6.42 Å². The Morgan fingerprint density at radius 3 is 2.36 bits per heavy atom. The molecule has 0 unspecified atom stereocenters. The van der Waals surface area contributed by atoms with Gasteiger partial charge in [0.2, 0.25) is 0 Å². The average Bonchev–Trinajstić information content (AvgIpc) is 2.19. The second-order valence-electron chi connectivity index (χ2n) is 3.28. The fourth-order valence-corrected chi connectivity index (χ4v) is 1.18. The summed E-state index contributed by atoms with van der Waals surface area (Å²) in [6.07, 6.45) is 2.31.